The molecule has 2 aromatic heterocycles. The average molecular weight is 490 g/mol. The number of aromatic nitrogens is 2. The van der Waals surface area contributed by atoms with E-state index in [0.29, 0.717) is 5.02 Å². The van der Waals surface area contributed by atoms with Crippen molar-refractivity contribution in [3.05, 3.63) is 135 Å². The van der Waals surface area contributed by atoms with Crippen LogP contribution in [0.15, 0.2) is 102 Å². The normalized spacial score (nSPS) is 12.7. The summed E-state index contributed by atoms with van der Waals surface area (Å²) in [4.78, 5) is 17.3. The predicted molar refractivity (Wildman–Crippen MR) is 147 cm³/mol. The average Bonchev–Trinajstić information content (AvgIpc) is 2.93. The fraction of sp³-hybridized carbons (Fsp3) is 0.0968. The van der Waals surface area contributed by atoms with Gasteiger partial charge < -0.3 is 9.88 Å². The smallest absolute Gasteiger partial charge is 0.251 e. The third-order valence-corrected chi connectivity index (χ3v) is 7.02. The Bertz CT molecular complexity index is 1670. The highest BCUT2D eigenvalue weighted by atomic mass is 35.5. The van der Waals surface area contributed by atoms with E-state index in [9.17, 15) is 4.79 Å². The summed E-state index contributed by atoms with van der Waals surface area (Å²) in [5.41, 5.74) is 5.53. The molecule has 0 radical (unpaired) electrons. The molecule has 0 spiro atoms. The van der Waals surface area contributed by atoms with Crippen LogP contribution in [0, 0.1) is 12.3 Å². The highest BCUT2D eigenvalue weighted by molar-refractivity contribution is 6.30. The Labute approximate surface area is 215 Å². The van der Waals surface area contributed by atoms with Crippen LogP contribution in [0.1, 0.15) is 22.3 Å². The van der Waals surface area contributed by atoms with Crippen molar-refractivity contribution < 1.29 is 0 Å². The molecular formula is C31H24ClN3O. The first-order valence-corrected chi connectivity index (χ1v) is 11.9. The number of pyridine rings is 2. The minimum Gasteiger partial charge on any atom is -0.311 e. The Balaban J connectivity index is 1.86. The van der Waals surface area contributed by atoms with Crippen LogP contribution in [0.25, 0.3) is 22.0 Å². The fourth-order valence-corrected chi connectivity index (χ4v) is 5.05. The molecule has 2 heterocycles. The minimum atomic E-state index is -0.709. The molecule has 0 aliphatic heterocycles. The maximum absolute atomic E-state index is 12.9. The van der Waals surface area contributed by atoms with E-state index in [2.05, 4.69) is 34.4 Å². The van der Waals surface area contributed by atoms with Crippen molar-refractivity contribution >= 4 is 22.5 Å². The number of hydrogen-bond acceptors (Lipinski definition) is 3. The third kappa shape index (κ3) is 3.89. The van der Waals surface area contributed by atoms with Crippen LogP contribution < -0.4 is 10.9 Å². The van der Waals surface area contributed by atoms with E-state index in [0.717, 1.165) is 44.3 Å². The van der Waals surface area contributed by atoms with Crippen molar-refractivity contribution in [2.24, 2.45) is 7.05 Å². The molecule has 0 aliphatic carbocycles. The van der Waals surface area contributed by atoms with Crippen LogP contribution in [-0.4, -0.2) is 16.6 Å². The Morgan fingerprint density at radius 3 is 2.42 bits per heavy atom. The second-order valence-corrected chi connectivity index (χ2v) is 9.10. The molecule has 5 heteroatoms. The SMILES string of the molecule is C#Cc1cccc(-c2cc(=O)n(C)c3ccc(C(NC)(c4ccc(Cl)cc4)c4cccnc4)cc23)c1. The van der Waals surface area contributed by atoms with Gasteiger partial charge in [0.05, 0.1) is 11.1 Å². The summed E-state index contributed by atoms with van der Waals surface area (Å²) in [6.07, 6.45) is 9.29. The fourth-order valence-electron chi connectivity index (χ4n) is 4.93. The molecule has 0 fully saturated rings. The number of aryl methyl sites for hydroxylation is 1. The molecular weight excluding hydrogens is 466 g/mol. The first-order valence-electron chi connectivity index (χ1n) is 11.5. The van der Waals surface area contributed by atoms with E-state index in [1.54, 1.807) is 23.9 Å². The molecule has 0 saturated carbocycles. The summed E-state index contributed by atoms with van der Waals surface area (Å²) in [7, 11) is 3.72. The molecule has 36 heavy (non-hydrogen) atoms. The number of terminal acetylenes is 1. The summed E-state index contributed by atoms with van der Waals surface area (Å²) in [5.74, 6) is 2.69. The van der Waals surface area contributed by atoms with Gasteiger partial charge in [0, 0.05) is 41.5 Å². The second-order valence-electron chi connectivity index (χ2n) is 8.66. The lowest BCUT2D eigenvalue weighted by atomic mass is 9.77. The summed E-state index contributed by atoms with van der Waals surface area (Å²) in [5, 5.41) is 5.19. The van der Waals surface area contributed by atoms with Gasteiger partial charge in [-0.15, -0.1) is 6.42 Å². The number of nitrogens with zero attached hydrogens (tertiary/aromatic N) is 2. The highest BCUT2D eigenvalue weighted by Gasteiger charge is 2.35. The summed E-state index contributed by atoms with van der Waals surface area (Å²) >= 11 is 6.24. The lowest BCUT2D eigenvalue weighted by Gasteiger charge is -2.35. The zero-order chi connectivity index (χ0) is 25.3. The predicted octanol–water partition coefficient (Wildman–Crippen LogP) is 5.75. The largest absolute Gasteiger partial charge is 0.311 e. The summed E-state index contributed by atoms with van der Waals surface area (Å²) in [6.45, 7) is 0. The Morgan fingerprint density at radius 2 is 1.72 bits per heavy atom. The molecule has 5 aromatic rings. The first-order chi connectivity index (χ1) is 17.5. The van der Waals surface area contributed by atoms with Crippen LogP contribution in [-0.2, 0) is 12.6 Å². The van der Waals surface area contributed by atoms with Crippen molar-refractivity contribution in [2.45, 2.75) is 5.54 Å². The maximum Gasteiger partial charge on any atom is 0.251 e. The Hall–Kier alpha value is -4.17. The number of nitrogens with one attached hydrogen (secondary N) is 1. The first kappa shape index (κ1) is 23.6. The number of rotatable bonds is 5. The second kappa shape index (κ2) is 9.47. The molecule has 0 bridgehead atoms. The molecule has 176 valence electrons. The van der Waals surface area contributed by atoms with Crippen LogP contribution in [0.3, 0.4) is 0 Å². The number of halogens is 1. The van der Waals surface area contributed by atoms with Gasteiger partial charge in [-0.3, -0.25) is 9.78 Å². The van der Waals surface area contributed by atoms with Gasteiger partial charge in [0.15, 0.2) is 0 Å². The number of hydrogen-bond donors (Lipinski definition) is 1. The minimum absolute atomic E-state index is 0.0822. The van der Waals surface area contributed by atoms with Crippen molar-refractivity contribution in [3.8, 4) is 23.5 Å². The van der Waals surface area contributed by atoms with Crippen molar-refractivity contribution in [2.75, 3.05) is 7.05 Å². The van der Waals surface area contributed by atoms with Crippen LogP contribution >= 0.6 is 11.6 Å². The molecule has 0 saturated heterocycles. The Kier molecular flexibility index (Phi) is 6.20. The standard InChI is InChI=1S/C31H24ClN3O/c1-4-21-7-5-8-22(17-21)27-19-30(36)35(3)29-15-12-24(18-28(27)29)31(33-2,25-9-6-16-34-20-25)23-10-13-26(32)14-11-23/h1,5-20,33H,2-3H3. The van der Waals surface area contributed by atoms with Gasteiger partial charge >= 0.3 is 0 Å². The van der Waals surface area contributed by atoms with Gasteiger partial charge in [-0.05, 0) is 77.3 Å². The van der Waals surface area contributed by atoms with Crippen LogP contribution in [0.2, 0.25) is 5.02 Å². The van der Waals surface area contributed by atoms with Crippen LogP contribution in [0.5, 0.6) is 0 Å². The molecule has 0 amide bonds. The monoisotopic (exact) mass is 489 g/mol. The lowest BCUT2D eigenvalue weighted by Crippen LogP contribution is -2.42. The molecule has 5 rings (SSSR count). The molecule has 0 aliphatic rings. The Morgan fingerprint density at radius 1 is 0.944 bits per heavy atom. The number of benzene rings is 3. The summed E-state index contributed by atoms with van der Waals surface area (Å²) in [6, 6.07) is 27.4. The topological polar surface area (TPSA) is 46.9 Å². The van der Waals surface area contributed by atoms with Gasteiger partial charge in [0.2, 0.25) is 0 Å². The van der Waals surface area contributed by atoms with Crippen molar-refractivity contribution in [1.29, 1.82) is 0 Å². The lowest BCUT2D eigenvalue weighted by molar-refractivity contribution is 0.524. The maximum atomic E-state index is 12.9. The van der Waals surface area contributed by atoms with Crippen molar-refractivity contribution in [1.82, 2.24) is 14.9 Å². The van der Waals surface area contributed by atoms with Crippen LogP contribution in [0.4, 0.5) is 0 Å². The highest BCUT2D eigenvalue weighted by Crippen LogP contribution is 2.39. The van der Waals surface area contributed by atoms with Gasteiger partial charge in [-0.25, -0.2) is 0 Å². The zero-order valence-corrected chi connectivity index (χ0v) is 20.8. The molecule has 3 aromatic carbocycles. The molecule has 1 unspecified atom stereocenters. The third-order valence-electron chi connectivity index (χ3n) is 6.77. The van der Waals surface area contributed by atoms with Gasteiger partial charge in [0.25, 0.3) is 5.56 Å². The van der Waals surface area contributed by atoms with E-state index in [1.807, 2.05) is 73.9 Å². The van der Waals surface area contributed by atoms with E-state index in [-0.39, 0.29) is 5.56 Å². The van der Waals surface area contributed by atoms with E-state index in [4.69, 9.17) is 18.0 Å². The zero-order valence-electron chi connectivity index (χ0n) is 20.0. The van der Waals surface area contributed by atoms with E-state index in [1.165, 1.54) is 0 Å². The van der Waals surface area contributed by atoms with Gasteiger partial charge in [-0.2, -0.15) is 0 Å². The summed E-state index contributed by atoms with van der Waals surface area (Å²) < 4.78 is 1.67. The van der Waals surface area contributed by atoms with E-state index < -0.39 is 5.54 Å². The molecule has 1 atom stereocenters. The molecule has 4 nitrogen and oxygen atoms in total. The van der Waals surface area contributed by atoms with Gasteiger partial charge in [-0.1, -0.05) is 53.9 Å². The molecule has 1 N–H and O–H groups in total. The van der Waals surface area contributed by atoms with E-state index >= 15 is 0 Å². The van der Waals surface area contributed by atoms with Crippen molar-refractivity contribution in [3.63, 3.8) is 0 Å². The quantitative estimate of drug-likeness (QED) is 0.320. The number of fused-ring (bicyclic) bond motifs is 1. The van der Waals surface area contributed by atoms with Gasteiger partial charge in [0.1, 0.15) is 0 Å².